The van der Waals surface area contributed by atoms with Crippen LogP contribution in [0.15, 0.2) is 0 Å². The van der Waals surface area contributed by atoms with Gasteiger partial charge in [0.25, 0.3) is 0 Å². The Hall–Kier alpha value is -0.120. The fraction of sp³-hybridized carbons (Fsp3) is 1.00. The standard InChI is InChI=1S/C18H30O3/c1-3-7-13(8-4-1)17-15(20-17)11-19-12-16-18(21-16)14-9-5-2-6-10-14/h13-18H,1-12H2. The first-order valence-corrected chi connectivity index (χ1v) is 9.30. The molecule has 4 rings (SSSR count). The van der Waals surface area contributed by atoms with Crippen molar-refractivity contribution in [2.75, 3.05) is 13.2 Å². The van der Waals surface area contributed by atoms with Gasteiger partial charge in [-0.2, -0.15) is 0 Å². The highest BCUT2D eigenvalue weighted by atomic mass is 16.6. The molecule has 21 heavy (non-hydrogen) atoms. The molecule has 120 valence electrons. The molecule has 2 aliphatic heterocycles. The van der Waals surface area contributed by atoms with Gasteiger partial charge in [-0.05, 0) is 37.5 Å². The van der Waals surface area contributed by atoms with Crippen molar-refractivity contribution >= 4 is 0 Å². The molecule has 0 radical (unpaired) electrons. The first-order chi connectivity index (χ1) is 10.4. The fourth-order valence-corrected chi connectivity index (χ4v) is 4.64. The summed E-state index contributed by atoms with van der Waals surface area (Å²) in [4.78, 5) is 0. The SMILES string of the molecule is C1CCC(C2OC2COCC2OC2C2CCCCC2)CC1. The van der Waals surface area contributed by atoms with Crippen molar-refractivity contribution in [3.05, 3.63) is 0 Å². The maximum Gasteiger partial charge on any atom is 0.108 e. The average molecular weight is 294 g/mol. The smallest absolute Gasteiger partial charge is 0.108 e. The van der Waals surface area contributed by atoms with Crippen molar-refractivity contribution in [3.8, 4) is 0 Å². The number of epoxide rings is 2. The summed E-state index contributed by atoms with van der Waals surface area (Å²) < 4.78 is 17.5. The molecule has 2 heterocycles. The second-order valence-corrected chi connectivity index (χ2v) is 7.61. The lowest BCUT2D eigenvalue weighted by Crippen LogP contribution is -2.19. The molecule has 0 amide bonds. The van der Waals surface area contributed by atoms with Gasteiger partial charge in [-0.25, -0.2) is 0 Å². The highest BCUT2D eigenvalue weighted by Gasteiger charge is 2.47. The van der Waals surface area contributed by atoms with Crippen LogP contribution in [-0.2, 0) is 14.2 Å². The fourth-order valence-electron chi connectivity index (χ4n) is 4.64. The largest absolute Gasteiger partial charge is 0.376 e. The van der Waals surface area contributed by atoms with Gasteiger partial charge in [0.05, 0.1) is 25.4 Å². The Morgan fingerprint density at radius 2 is 1.05 bits per heavy atom. The predicted molar refractivity (Wildman–Crippen MR) is 81.3 cm³/mol. The van der Waals surface area contributed by atoms with Crippen LogP contribution in [0.4, 0.5) is 0 Å². The topological polar surface area (TPSA) is 34.3 Å². The molecule has 4 unspecified atom stereocenters. The molecule has 0 N–H and O–H groups in total. The lowest BCUT2D eigenvalue weighted by atomic mass is 9.86. The summed E-state index contributed by atoms with van der Waals surface area (Å²) in [5.74, 6) is 1.64. The minimum absolute atomic E-state index is 0.389. The van der Waals surface area contributed by atoms with Crippen LogP contribution >= 0.6 is 0 Å². The maximum absolute atomic E-state index is 5.87. The molecule has 3 heteroatoms. The molecule has 4 atom stereocenters. The summed E-state index contributed by atoms with van der Waals surface area (Å²) in [6, 6.07) is 0. The van der Waals surface area contributed by atoms with Gasteiger partial charge in [0.15, 0.2) is 0 Å². The van der Waals surface area contributed by atoms with E-state index >= 15 is 0 Å². The molecule has 0 aromatic rings. The molecular formula is C18H30O3. The van der Waals surface area contributed by atoms with Crippen LogP contribution in [0, 0.1) is 11.8 Å². The van der Waals surface area contributed by atoms with Gasteiger partial charge in [-0.1, -0.05) is 38.5 Å². The van der Waals surface area contributed by atoms with Crippen LogP contribution in [0.3, 0.4) is 0 Å². The van der Waals surface area contributed by atoms with Crippen LogP contribution in [-0.4, -0.2) is 37.6 Å². The van der Waals surface area contributed by atoms with Gasteiger partial charge in [0.1, 0.15) is 12.2 Å². The average Bonchev–Trinajstić information content (AvgIpc) is 3.45. The summed E-state index contributed by atoms with van der Waals surface area (Å²) in [5, 5.41) is 0. The van der Waals surface area contributed by atoms with Gasteiger partial charge in [-0.3, -0.25) is 0 Å². The quantitative estimate of drug-likeness (QED) is 0.701. The molecular weight excluding hydrogens is 264 g/mol. The summed E-state index contributed by atoms with van der Waals surface area (Å²) in [5.41, 5.74) is 0. The van der Waals surface area contributed by atoms with E-state index in [4.69, 9.17) is 14.2 Å². The van der Waals surface area contributed by atoms with Crippen molar-refractivity contribution < 1.29 is 14.2 Å². The summed E-state index contributed by atoms with van der Waals surface area (Å²) in [7, 11) is 0. The van der Waals surface area contributed by atoms with Crippen molar-refractivity contribution in [3.63, 3.8) is 0 Å². The molecule has 0 aromatic carbocycles. The molecule has 3 nitrogen and oxygen atoms in total. The Morgan fingerprint density at radius 3 is 1.48 bits per heavy atom. The molecule has 0 bridgehead atoms. The highest BCUT2D eigenvalue weighted by molar-refractivity contribution is 4.94. The zero-order chi connectivity index (χ0) is 14.1. The van der Waals surface area contributed by atoms with Crippen molar-refractivity contribution in [2.24, 2.45) is 11.8 Å². The van der Waals surface area contributed by atoms with Gasteiger partial charge < -0.3 is 14.2 Å². The number of ether oxygens (including phenoxy) is 3. The third-order valence-corrected chi connectivity index (χ3v) is 6.04. The zero-order valence-electron chi connectivity index (χ0n) is 13.2. The van der Waals surface area contributed by atoms with E-state index in [0.717, 1.165) is 25.0 Å². The number of hydrogen-bond acceptors (Lipinski definition) is 3. The normalized spacial score (nSPS) is 41.1. The minimum Gasteiger partial charge on any atom is -0.376 e. The molecule has 4 aliphatic rings. The van der Waals surface area contributed by atoms with Crippen molar-refractivity contribution in [1.82, 2.24) is 0 Å². The van der Waals surface area contributed by atoms with E-state index in [1.54, 1.807) is 0 Å². The Labute approximate surface area is 128 Å². The first-order valence-electron chi connectivity index (χ1n) is 9.30. The summed E-state index contributed by atoms with van der Waals surface area (Å²) in [6.45, 7) is 1.58. The Morgan fingerprint density at radius 1 is 0.619 bits per heavy atom. The number of hydrogen-bond donors (Lipinski definition) is 0. The number of rotatable bonds is 6. The van der Waals surface area contributed by atoms with E-state index in [9.17, 15) is 0 Å². The third kappa shape index (κ3) is 3.62. The Kier molecular flexibility index (Phi) is 4.52. The molecule has 2 saturated carbocycles. The molecule has 2 aliphatic carbocycles. The van der Waals surface area contributed by atoms with E-state index in [0.29, 0.717) is 24.4 Å². The zero-order valence-corrected chi connectivity index (χ0v) is 13.2. The van der Waals surface area contributed by atoms with E-state index in [1.165, 1.54) is 64.2 Å². The minimum atomic E-state index is 0.389. The third-order valence-electron chi connectivity index (χ3n) is 6.04. The second-order valence-electron chi connectivity index (χ2n) is 7.61. The van der Waals surface area contributed by atoms with Crippen LogP contribution in [0.1, 0.15) is 64.2 Å². The molecule has 2 saturated heterocycles. The second kappa shape index (κ2) is 6.55. The first kappa shape index (κ1) is 14.5. The van der Waals surface area contributed by atoms with Crippen LogP contribution < -0.4 is 0 Å². The van der Waals surface area contributed by atoms with Crippen LogP contribution in [0.25, 0.3) is 0 Å². The van der Waals surface area contributed by atoms with Crippen molar-refractivity contribution in [1.29, 1.82) is 0 Å². The van der Waals surface area contributed by atoms with Gasteiger partial charge in [-0.15, -0.1) is 0 Å². The van der Waals surface area contributed by atoms with Crippen molar-refractivity contribution in [2.45, 2.75) is 88.6 Å². The summed E-state index contributed by atoms with van der Waals surface area (Å²) in [6.07, 6.45) is 15.7. The van der Waals surface area contributed by atoms with E-state index < -0.39 is 0 Å². The molecule has 4 fully saturated rings. The lowest BCUT2D eigenvalue weighted by molar-refractivity contribution is 0.101. The van der Waals surface area contributed by atoms with E-state index in [1.807, 2.05) is 0 Å². The Bertz CT molecular complexity index is 301. The lowest BCUT2D eigenvalue weighted by Gasteiger charge is -2.19. The van der Waals surface area contributed by atoms with Gasteiger partial charge in [0, 0.05) is 0 Å². The Balaban J connectivity index is 1.09. The highest BCUT2D eigenvalue weighted by Crippen LogP contribution is 2.40. The summed E-state index contributed by atoms with van der Waals surface area (Å²) >= 11 is 0. The van der Waals surface area contributed by atoms with E-state index in [-0.39, 0.29) is 0 Å². The molecule has 0 spiro atoms. The van der Waals surface area contributed by atoms with E-state index in [2.05, 4.69) is 0 Å². The van der Waals surface area contributed by atoms with Crippen LogP contribution in [0.2, 0.25) is 0 Å². The monoisotopic (exact) mass is 294 g/mol. The van der Waals surface area contributed by atoms with Crippen LogP contribution in [0.5, 0.6) is 0 Å². The predicted octanol–water partition coefficient (Wildman–Crippen LogP) is 3.70. The van der Waals surface area contributed by atoms with Gasteiger partial charge in [0.2, 0.25) is 0 Å². The maximum atomic E-state index is 5.87. The van der Waals surface area contributed by atoms with Gasteiger partial charge >= 0.3 is 0 Å². The molecule has 0 aromatic heterocycles.